The Morgan fingerprint density at radius 2 is 2.32 bits per heavy atom. The molecule has 1 aliphatic rings. The lowest BCUT2D eigenvalue weighted by Gasteiger charge is -2.23. The van der Waals surface area contributed by atoms with Gasteiger partial charge in [-0.15, -0.1) is 0 Å². The summed E-state index contributed by atoms with van der Waals surface area (Å²) in [6.07, 6.45) is 2.22. The van der Waals surface area contributed by atoms with E-state index in [2.05, 4.69) is 51.7 Å². The second-order valence-corrected chi connectivity index (χ2v) is 6.00. The number of halogens is 1. The minimum Gasteiger partial charge on any atom is -0.379 e. The largest absolute Gasteiger partial charge is 0.379 e. The second kappa shape index (κ2) is 8.00. The van der Waals surface area contributed by atoms with E-state index >= 15 is 0 Å². The van der Waals surface area contributed by atoms with Gasteiger partial charge in [0.2, 0.25) is 0 Å². The van der Waals surface area contributed by atoms with Crippen molar-refractivity contribution in [2.24, 2.45) is 0 Å². The predicted molar refractivity (Wildman–Crippen MR) is 82.7 cm³/mol. The summed E-state index contributed by atoms with van der Waals surface area (Å²) >= 11 is 3.53. The number of ether oxygens (including phenoxy) is 1. The van der Waals surface area contributed by atoms with Crippen LogP contribution in [0.5, 0.6) is 0 Å². The van der Waals surface area contributed by atoms with E-state index in [9.17, 15) is 0 Å². The van der Waals surface area contributed by atoms with E-state index in [0.717, 1.165) is 50.2 Å². The third kappa shape index (κ3) is 5.22. The summed E-state index contributed by atoms with van der Waals surface area (Å²) in [5.74, 6) is 0. The van der Waals surface area contributed by atoms with E-state index < -0.39 is 0 Å². The summed E-state index contributed by atoms with van der Waals surface area (Å²) in [6.45, 7) is 6.95. The summed E-state index contributed by atoms with van der Waals surface area (Å²) in [7, 11) is 0. The average molecular weight is 327 g/mol. The van der Waals surface area contributed by atoms with Gasteiger partial charge in [-0.2, -0.15) is 0 Å². The standard InChI is InChI=1S/C15H23BrN2O/c1-12-2-3-14(16)10-13(12)4-6-17-7-5-15-11-19-9-8-18-15/h2-3,10,15,17-18H,4-9,11H2,1H3. The van der Waals surface area contributed by atoms with Crippen LogP contribution in [0.25, 0.3) is 0 Å². The number of morpholine rings is 1. The monoisotopic (exact) mass is 326 g/mol. The summed E-state index contributed by atoms with van der Waals surface area (Å²) in [4.78, 5) is 0. The highest BCUT2D eigenvalue weighted by Crippen LogP contribution is 2.16. The van der Waals surface area contributed by atoms with E-state index in [0.29, 0.717) is 6.04 Å². The van der Waals surface area contributed by atoms with Gasteiger partial charge < -0.3 is 15.4 Å². The lowest BCUT2D eigenvalue weighted by Crippen LogP contribution is -2.42. The van der Waals surface area contributed by atoms with Crippen LogP contribution in [0.4, 0.5) is 0 Å². The first-order chi connectivity index (χ1) is 9.25. The Labute approximate surface area is 124 Å². The van der Waals surface area contributed by atoms with Crippen LogP contribution in [-0.4, -0.2) is 38.9 Å². The molecule has 2 rings (SSSR count). The SMILES string of the molecule is Cc1ccc(Br)cc1CCNCCC1COCCN1. The smallest absolute Gasteiger partial charge is 0.0620 e. The lowest BCUT2D eigenvalue weighted by atomic mass is 10.1. The molecule has 1 atom stereocenters. The second-order valence-electron chi connectivity index (χ2n) is 5.09. The molecule has 0 aliphatic carbocycles. The Morgan fingerprint density at radius 3 is 3.11 bits per heavy atom. The molecule has 2 N–H and O–H groups in total. The molecule has 0 aromatic heterocycles. The maximum atomic E-state index is 5.44. The third-order valence-electron chi connectivity index (χ3n) is 3.55. The first kappa shape index (κ1) is 15.0. The zero-order valence-electron chi connectivity index (χ0n) is 11.5. The van der Waals surface area contributed by atoms with Crippen molar-refractivity contribution in [3.63, 3.8) is 0 Å². The van der Waals surface area contributed by atoms with Crippen molar-refractivity contribution in [3.05, 3.63) is 33.8 Å². The van der Waals surface area contributed by atoms with Gasteiger partial charge in [0, 0.05) is 17.1 Å². The molecule has 1 saturated heterocycles. The molecule has 1 aliphatic heterocycles. The Morgan fingerprint density at radius 1 is 1.42 bits per heavy atom. The summed E-state index contributed by atoms with van der Waals surface area (Å²) in [6, 6.07) is 7.01. The summed E-state index contributed by atoms with van der Waals surface area (Å²) in [5.41, 5.74) is 2.79. The van der Waals surface area contributed by atoms with E-state index in [1.54, 1.807) is 0 Å². The van der Waals surface area contributed by atoms with Crippen molar-refractivity contribution in [2.75, 3.05) is 32.8 Å². The first-order valence-electron chi connectivity index (χ1n) is 7.02. The quantitative estimate of drug-likeness (QED) is 0.787. The zero-order valence-corrected chi connectivity index (χ0v) is 13.1. The van der Waals surface area contributed by atoms with E-state index in [1.165, 1.54) is 11.1 Å². The molecule has 0 saturated carbocycles. The molecule has 4 heteroatoms. The van der Waals surface area contributed by atoms with Crippen molar-refractivity contribution in [1.29, 1.82) is 0 Å². The van der Waals surface area contributed by atoms with Crippen molar-refractivity contribution in [2.45, 2.75) is 25.8 Å². The highest BCUT2D eigenvalue weighted by molar-refractivity contribution is 9.10. The fraction of sp³-hybridized carbons (Fsp3) is 0.600. The van der Waals surface area contributed by atoms with Crippen LogP contribution in [0.15, 0.2) is 22.7 Å². The van der Waals surface area contributed by atoms with Gasteiger partial charge in [-0.3, -0.25) is 0 Å². The van der Waals surface area contributed by atoms with Crippen LogP contribution >= 0.6 is 15.9 Å². The van der Waals surface area contributed by atoms with Crippen LogP contribution in [-0.2, 0) is 11.2 Å². The van der Waals surface area contributed by atoms with E-state index in [-0.39, 0.29) is 0 Å². The van der Waals surface area contributed by atoms with Gasteiger partial charge in [-0.05, 0) is 56.1 Å². The topological polar surface area (TPSA) is 33.3 Å². The van der Waals surface area contributed by atoms with Crippen molar-refractivity contribution in [1.82, 2.24) is 10.6 Å². The molecule has 1 unspecified atom stereocenters. The van der Waals surface area contributed by atoms with Crippen molar-refractivity contribution < 1.29 is 4.74 Å². The lowest BCUT2D eigenvalue weighted by molar-refractivity contribution is 0.0743. The third-order valence-corrected chi connectivity index (χ3v) is 4.04. The number of benzene rings is 1. The van der Waals surface area contributed by atoms with Gasteiger partial charge in [0.1, 0.15) is 0 Å². The van der Waals surface area contributed by atoms with Gasteiger partial charge in [-0.1, -0.05) is 22.0 Å². The average Bonchev–Trinajstić information content (AvgIpc) is 2.43. The van der Waals surface area contributed by atoms with Crippen LogP contribution in [0.3, 0.4) is 0 Å². The molecule has 3 nitrogen and oxygen atoms in total. The number of nitrogens with one attached hydrogen (secondary N) is 2. The van der Waals surface area contributed by atoms with Gasteiger partial charge >= 0.3 is 0 Å². The van der Waals surface area contributed by atoms with Gasteiger partial charge in [-0.25, -0.2) is 0 Å². The van der Waals surface area contributed by atoms with Crippen LogP contribution < -0.4 is 10.6 Å². The molecule has 1 aromatic rings. The molecule has 1 heterocycles. The fourth-order valence-electron chi connectivity index (χ4n) is 2.34. The molecular formula is C15H23BrN2O. The minimum atomic E-state index is 0.522. The molecular weight excluding hydrogens is 304 g/mol. The molecule has 0 amide bonds. The maximum Gasteiger partial charge on any atom is 0.0620 e. The first-order valence-corrected chi connectivity index (χ1v) is 7.82. The van der Waals surface area contributed by atoms with E-state index in [1.807, 2.05) is 0 Å². The Hall–Kier alpha value is -0.420. The van der Waals surface area contributed by atoms with Crippen LogP contribution in [0.2, 0.25) is 0 Å². The molecule has 0 bridgehead atoms. The molecule has 0 spiro atoms. The molecule has 1 aromatic carbocycles. The van der Waals surface area contributed by atoms with E-state index in [4.69, 9.17) is 4.74 Å². The normalized spacial score (nSPS) is 19.6. The predicted octanol–water partition coefficient (Wildman–Crippen LogP) is 2.27. The number of hydrogen-bond acceptors (Lipinski definition) is 3. The Balaban J connectivity index is 1.62. The van der Waals surface area contributed by atoms with Crippen LogP contribution in [0, 0.1) is 6.92 Å². The zero-order chi connectivity index (χ0) is 13.5. The van der Waals surface area contributed by atoms with Crippen molar-refractivity contribution >= 4 is 15.9 Å². The Bertz CT molecular complexity index is 392. The fourth-order valence-corrected chi connectivity index (χ4v) is 2.75. The van der Waals surface area contributed by atoms with Gasteiger partial charge in [0.15, 0.2) is 0 Å². The highest BCUT2D eigenvalue weighted by Gasteiger charge is 2.11. The van der Waals surface area contributed by atoms with Gasteiger partial charge in [0.05, 0.1) is 13.2 Å². The number of hydrogen-bond donors (Lipinski definition) is 2. The number of rotatable bonds is 6. The highest BCUT2D eigenvalue weighted by atomic mass is 79.9. The molecule has 106 valence electrons. The van der Waals surface area contributed by atoms with Crippen LogP contribution in [0.1, 0.15) is 17.5 Å². The molecule has 1 fully saturated rings. The number of aryl methyl sites for hydroxylation is 1. The minimum absolute atomic E-state index is 0.522. The molecule has 19 heavy (non-hydrogen) atoms. The molecule has 0 radical (unpaired) electrons. The summed E-state index contributed by atoms with van der Waals surface area (Å²) in [5, 5.41) is 6.99. The van der Waals surface area contributed by atoms with Crippen molar-refractivity contribution in [3.8, 4) is 0 Å². The summed E-state index contributed by atoms with van der Waals surface area (Å²) < 4.78 is 6.61. The maximum absolute atomic E-state index is 5.44. The van der Waals surface area contributed by atoms with Gasteiger partial charge in [0.25, 0.3) is 0 Å². The Kier molecular flexibility index (Phi) is 6.31.